The Labute approximate surface area is 174 Å². The van der Waals surface area contributed by atoms with E-state index in [1.807, 2.05) is 9.80 Å². The Bertz CT molecular complexity index is 1060. The minimum Gasteiger partial charge on any atom is -0.364 e. The predicted molar refractivity (Wildman–Crippen MR) is 104 cm³/mol. The molecule has 3 aromatic rings. The monoisotopic (exact) mass is 434 g/mol. The molecule has 162 valence electrons. The van der Waals surface area contributed by atoms with Crippen molar-refractivity contribution >= 4 is 17.2 Å². The van der Waals surface area contributed by atoms with Gasteiger partial charge in [0.25, 0.3) is 5.69 Å². The Morgan fingerprint density at radius 3 is 2.45 bits per heavy atom. The van der Waals surface area contributed by atoms with Crippen molar-refractivity contribution in [1.82, 2.24) is 25.2 Å². The molecule has 0 saturated carbocycles. The van der Waals surface area contributed by atoms with Crippen LogP contribution in [0.4, 0.5) is 30.4 Å². The summed E-state index contributed by atoms with van der Waals surface area (Å²) in [7, 11) is 0. The lowest BCUT2D eigenvalue weighted by Gasteiger charge is -2.24. The van der Waals surface area contributed by atoms with Crippen molar-refractivity contribution in [3.05, 3.63) is 58.5 Å². The summed E-state index contributed by atoms with van der Waals surface area (Å²) in [5, 5.41) is 22.5. The fraction of sp³-hybridized carbons (Fsp3) is 0.333. The molecule has 1 fully saturated rings. The summed E-state index contributed by atoms with van der Waals surface area (Å²) in [6, 6.07) is 7.11. The number of alkyl halides is 3. The van der Waals surface area contributed by atoms with E-state index in [0.29, 0.717) is 49.8 Å². The molecule has 0 atom stereocenters. The Morgan fingerprint density at radius 1 is 1.03 bits per heavy atom. The maximum Gasteiger partial charge on any atom is 0.417 e. The third-order valence-corrected chi connectivity index (χ3v) is 5.01. The zero-order valence-corrected chi connectivity index (χ0v) is 16.1. The number of hydrogen-bond acceptors (Lipinski definition) is 8. The van der Waals surface area contributed by atoms with Gasteiger partial charge in [-0.1, -0.05) is 0 Å². The van der Waals surface area contributed by atoms with Gasteiger partial charge >= 0.3 is 6.18 Å². The highest BCUT2D eigenvalue weighted by molar-refractivity contribution is 5.67. The molecular formula is C18H17F3N8O2. The van der Waals surface area contributed by atoms with Crippen LogP contribution in [0.2, 0.25) is 0 Å². The molecule has 4 rings (SSSR count). The lowest BCUT2D eigenvalue weighted by Crippen LogP contribution is -2.31. The van der Waals surface area contributed by atoms with Crippen LogP contribution < -0.4 is 9.80 Å². The van der Waals surface area contributed by atoms with Gasteiger partial charge in [-0.2, -0.15) is 13.2 Å². The molecule has 0 aliphatic carbocycles. The Morgan fingerprint density at radius 2 is 1.81 bits per heavy atom. The average Bonchev–Trinajstić information content (AvgIpc) is 3.18. The number of hydrogen-bond donors (Lipinski definition) is 0. The Balaban J connectivity index is 1.53. The standard InChI is InChI=1S/C18H17F3N8O2/c19-18(20,21)13-2-5-17(22-11-13)27-7-1-6-26(8-9-27)15-4-3-14(10-16(15)29(30)31)28-12-23-24-25-28/h2-5,10-12H,1,6-9H2. The molecule has 0 amide bonds. The average molecular weight is 434 g/mol. The molecule has 0 bridgehead atoms. The molecule has 31 heavy (non-hydrogen) atoms. The molecule has 0 N–H and O–H groups in total. The van der Waals surface area contributed by atoms with Gasteiger partial charge in [-0.3, -0.25) is 10.1 Å². The van der Waals surface area contributed by atoms with Gasteiger partial charge in [0.15, 0.2) is 0 Å². The first kappa shape index (κ1) is 20.5. The molecular weight excluding hydrogens is 417 g/mol. The lowest BCUT2D eigenvalue weighted by molar-refractivity contribution is -0.384. The maximum atomic E-state index is 12.8. The Kier molecular flexibility index (Phi) is 5.40. The van der Waals surface area contributed by atoms with Crippen LogP contribution in [-0.2, 0) is 6.18 Å². The third kappa shape index (κ3) is 4.39. The van der Waals surface area contributed by atoms with Crippen LogP contribution in [0.15, 0.2) is 42.9 Å². The highest BCUT2D eigenvalue weighted by atomic mass is 19.4. The lowest BCUT2D eigenvalue weighted by atomic mass is 10.2. The van der Waals surface area contributed by atoms with Crippen molar-refractivity contribution < 1.29 is 18.1 Å². The zero-order valence-electron chi connectivity index (χ0n) is 16.1. The Hall–Kier alpha value is -3.77. The molecule has 10 nitrogen and oxygen atoms in total. The van der Waals surface area contributed by atoms with Gasteiger partial charge in [-0.15, -0.1) is 5.10 Å². The number of benzene rings is 1. The van der Waals surface area contributed by atoms with E-state index < -0.39 is 16.7 Å². The van der Waals surface area contributed by atoms with Crippen molar-refractivity contribution in [2.75, 3.05) is 36.0 Å². The minimum absolute atomic E-state index is 0.0749. The normalized spacial score (nSPS) is 15.1. The van der Waals surface area contributed by atoms with Crippen LogP contribution >= 0.6 is 0 Å². The molecule has 1 aliphatic heterocycles. The fourth-order valence-electron chi connectivity index (χ4n) is 3.48. The molecule has 3 heterocycles. The number of aromatic nitrogens is 5. The minimum atomic E-state index is -4.44. The number of pyridine rings is 1. The fourth-order valence-corrected chi connectivity index (χ4v) is 3.48. The number of tetrazole rings is 1. The van der Waals surface area contributed by atoms with Crippen LogP contribution in [0.1, 0.15) is 12.0 Å². The van der Waals surface area contributed by atoms with Gasteiger partial charge in [-0.05, 0) is 41.1 Å². The number of nitro benzene ring substituents is 1. The molecule has 2 aromatic heterocycles. The number of nitrogens with zero attached hydrogens (tertiary/aromatic N) is 8. The number of rotatable bonds is 4. The third-order valence-electron chi connectivity index (χ3n) is 5.01. The van der Waals surface area contributed by atoms with Gasteiger partial charge < -0.3 is 9.80 Å². The van der Waals surface area contributed by atoms with Gasteiger partial charge in [0, 0.05) is 38.4 Å². The van der Waals surface area contributed by atoms with E-state index in [2.05, 4.69) is 20.5 Å². The topological polar surface area (TPSA) is 106 Å². The van der Waals surface area contributed by atoms with Crippen molar-refractivity contribution in [3.63, 3.8) is 0 Å². The molecule has 1 saturated heterocycles. The number of anilines is 2. The van der Waals surface area contributed by atoms with Gasteiger partial charge in [-0.25, -0.2) is 9.67 Å². The van der Waals surface area contributed by atoms with Crippen molar-refractivity contribution in [3.8, 4) is 5.69 Å². The molecule has 0 unspecified atom stereocenters. The van der Waals surface area contributed by atoms with Crippen molar-refractivity contribution in [2.45, 2.75) is 12.6 Å². The summed E-state index contributed by atoms with van der Waals surface area (Å²) >= 11 is 0. The van der Waals surface area contributed by atoms with Gasteiger partial charge in [0.05, 0.1) is 16.2 Å². The van der Waals surface area contributed by atoms with Crippen LogP contribution in [0.25, 0.3) is 5.69 Å². The van der Waals surface area contributed by atoms with Gasteiger partial charge in [0.1, 0.15) is 17.8 Å². The zero-order chi connectivity index (χ0) is 22.0. The highest BCUT2D eigenvalue weighted by Gasteiger charge is 2.31. The van der Waals surface area contributed by atoms with E-state index in [0.717, 1.165) is 12.3 Å². The van der Waals surface area contributed by atoms with E-state index >= 15 is 0 Å². The molecule has 1 aromatic carbocycles. The summed E-state index contributed by atoms with van der Waals surface area (Å²) in [5.41, 5.74) is 0.0509. The second-order valence-electron chi connectivity index (χ2n) is 6.92. The van der Waals surface area contributed by atoms with E-state index in [4.69, 9.17) is 0 Å². The van der Waals surface area contributed by atoms with E-state index in [1.54, 1.807) is 12.1 Å². The maximum absolute atomic E-state index is 12.8. The van der Waals surface area contributed by atoms with Crippen molar-refractivity contribution in [1.29, 1.82) is 0 Å². The van der Waals surface area contributed by atoms with Crippen molar-refractivity contribution in [2.24, 2.45) is 0 Å². The predicted octanol–water partition coefficient (Wildman–Crippen LogP) is 2.70. The summed E-state index contributed by atoms with van der Waals surface area (Å²) in [6.07, 6.45) is -1.61. The second-order valence-corrected chi connectivity index (χ2v) is 6.92. The smallest absolute Gasteiger partial charge is 0.364 e. The number of nitro groups is 1. The SMILES string of the molecule is O=[N+]([O-])c1cc(-n2cnnn2)ccc1N1CCCN(c2ccc(C(F)(F)F)cn2)CC1. The summed E-state index contributed by atoms with van der Waals surface area (Å²) in [6.45, 7) is 2.05. The second kappa shape index (κ2) is 8.16. The van der Waals surface area contributed by atoms with E-state index in [9.17, 15) is 23.3 Å². The molecule has 0 spiro atoms. The molecule has 1 aliphatic rings. The first-order valence-electron chi connectivity index (χ1n) is 9.38. The number of halogens is 3. The molecule has 13 heteroatoms. The van der Waals surface area contributed by atoms with Crippen LogP contribution in [0.5, 0.6) is 0 Å². The summed E-state index contributed by atoms with van der Waals surface area (Å²) in [5.74, 6) is 0.443. The van der Waals surface area contributed by atoms with Crippen LogP contribution in [-0.4, -0.2) is 56.3 Å². The van der Waals surface area contributed by atoms with E-state index in [-0.39, 0.29) is 5.69 Å². The van der Waals surface area contributed by atoms with Crippen LogP contribution in [0.3, 0.4) is 0 Å². The van der Waals surface area contributed by atoms with E-state index in [1.165, 1.54) is 23.1 Å². The first-order valence-corrected chi connectivity index (χ1v) is 9.38. The quantitative estimate of drug-likeness (QED) is 0.456. The van der Waals surface area contributed by atoms with Crippen LogP contribution in [0, 0.1) is 10.1 Å². The molecule has 0 radical (unpaired) electrons. The first-order chi connectivity index (χ1) is 14.8. The van der Waals surface area contributed by atoms with Gasteiger partial charge in [0.2, 0.25) is 0 Å². The summed E-state index contributed by atoms with van der Waals surface area (Å²) in [4.78, 5) is 18.9. The highest BCUT2D eigenvalue weighted by Crippen LogP contribution is 2.32. The largest absolute Gasteiger partial charge is 0.417 e. The summed E-state index contributed by atoms with van der Waals surface area (Å²) < 4.78 is 39.6.